The molecule has 0 radical (unpaired) electrons. The van der Waals surface area contributed by atoms with Gasteiger partial charge in [0.25, 0.3) is 0 Å². The molecule has 0 aromatic carbocycles. The van der Waals surface area contributed by atoms with Crippen LogP contribution in [0.25, 0.3) is 0 Å². The van der Waals surface area contributed by atoms with E-state index in [0.717, 1.165) is 19.3 Å². The topological polar surface area (TPSA) is 68.7 Å². The third-order valence-corrected chi connectivity index (χ3v) is 5.35. The number of hydrogen-bond donors (Lipinski definition) is 0. The summed E-state index contributed by atoms with van der Waals surface area (Å²) in [6.07, 6.45) is 0.199. The first-order valence-corrected chi connectivity index (χ1v) is 10.1. The minimum Gasteiger partial charge on any atom is -0.468 e. The minimum absolute atomic E-state index is 0.0522. The maximum atomic E-state index is 13.0. The van der Waals surface area contributed by atoms with E-state index in [2.05, 4.69) is 9.72 Å². The van der Waals surface area contributed by atoms with E-state index in [1.807, 2.05) is 20.8 Å². The average molecular weight is 428 g/mol. The van der Waals surface area contributed by atoms with Crippen LogP contribution < -0.4 is 4.74 Å². The minimum atomic E-state index is -4.45. The number of pyridine rings is 1. The molecule has 3 heterocycles. The lowest BCUT2D eigenvalue weighted by Gasteiger charge is -2.48. The Morgan fingerprint density at radius 3 is 2.27 bits per heavy atom. The molecule has 1 aromatic heterocycles. The first kappa shape index (κ1) is 22.4. The number of nitrogens with zero attached hydrogens (tertiary/aromatic N) is 2. The van der Waals surface area contributed by atoms with Crippen molar-refractivity contribution in [1.82, 2.24) is 9.88 Å². The van der Waals surface area contributed by atoms with Crippen molar-refractivity contribution < 1.29 is 32.2 Å². The molecular formula is C21H27F3N2O4. The summed E-state index contributed by atoms with van der Waals surface area (Å²) in [5.74, 6) is -0.547. The number of rotatable bonds is 4. The number of ketones is 1. The second-order valence-electron chi connectivity index (χ2n) is 8.95. The highest BCUT2D eigenvalue weighted by Gasteiger charge is 2.44. The van der Waals surface area contributed by atoms with Crippen LogP contribution in [0.4, 0.5) is 18.0 Å². The maximum Gasteiger partial charge on any atom is 0.422 e. The summed E-state index contributed by atoms with van der Waals surface area (Å²) in [6.45, 7) is 4.05. The Hall–Kier alpha value is -2.32. The predicted molar refractivity (Wildman–Crippen MR) is 102 cm³/mol. The smallest absolute Gasteiger partial charge is 0.422 e. The number of ether oxygens (including phenoxy) is 2. The quantitative estimate of drug-likeness (QED) is 0.646. The van der Waals surface area contributed by atoms with Gasteiger partial charge < -0.3 is 14.4 Å². The van der Waals surface area contributed by atoms with Crippen molar-refractivity contribution in [3.8, 4) is 5.88 Å². The molecule has 1 amide bonds. The summed E-state index contributed by atoms with van der Waals surface area (Å²) in [6, 6.07) is 2.61. The highest BCUT2D eigenvalue weighted by Crippen LogP contribution is 2.39. The summed E-state index contributed by atoms with van der Waals surface area (Å²) in [5.41, 5.74) is -0.247. The van der Waals surface area contributed by atoms with Gasteiger partial charge >= 0.3 is 12.3 Å². The fourth-order valence-electron chi connectivity index (χ4n) is 4.21. The lowest BCUT2D eigenvalue weighted by molar-refractivity contribution is -0.154. The van der Waals surface area contributed by atoms with Gasteiger partial charge in [0.15, 0.2) is 12.4 Å². The van der Waals surface area contributed by atoms with Crippen LogP contribution in [0.15, 0.2) is 18.3 Å². The maximum absolute atomic E-state index is 13.0. The van der Waals surface area contributed by atoms with Crippen LogP contribution in [-0.2, 0) is 4.74 Å². The van der Waals surface area contributed by atoms with Gasteiger partial charge in [-0.3, -0.25) is 4.79 Å². The van der Waals surface area contributed by atoms with E-state index in [9.17, 15) is 22.8 Å². The molecule has 2 atom stereocenters. The van der Waals surface area contributed by atoms with E-state index >= 15 is 0 Å². The van der Waals surface area contributed by atoms with Gasteiger partial charge in [-0.25, -0.2) is 9.78 Å². The molecule has 2 aliphatic heterocycles. The second kappa shape index (κ2) is 8.43. The molecule has 6 nitrogen and oxygen atoms in total. The molecule has 2 unspecified atom stereocenters. The third kappa shape index (κ3) is 5.64. The van der Waals surface area contributed by atoms with Gasteiger partial charge in [-0.2, -0.15) is 13.2 Å². The van der Waals surface area contributed by atoms with E-state index in [1.54, 1.807) is 4.90 Å². The molecule has 0 saturated carbocycles. The van der Waals surface area contributed by atoms with Crippen molar-refractivity contribution in [2.75, 3.05) is 6.61 Å². The van der Waals surface area contributed by atoms with Gasteiger partial charge in [-0.05, 0) is 58.9 Å². The van der Waals surface area contributed by atoms with Gasteiger partial charge in [0, 0.05) is 35.8 Å². The first-order chi connectivity index (χ1) is 13.9. The molecule has 2 fully saturated rings. The van der Waals surface area contributed by atoms with Crippen molar-refractivity contribution in [3.05, 3.63) is 23.9 Å². The van der Waals surface area contributed by atoms with Gasteiger partial charge in [0.2, 0.25) is 5.88 Å². The number of piperidine rings is 2. The molecule has 3 rings (SSSR count). The largest absolute Gasteiger partial charge is 0.468 e. The molecule has 2 aliphatic rings. The fourth-order valence-corrected chi connectivity index (χ4v) is 4.21. The molecule has 2 bridgehead atoms. The number of fused-ring (bicyclic) bond motifs is 2. The van der Waals surface area contributed by atoms with Crippen LogP contribution in [0.3, 0.4) is 0 Å². The van der Waals surface area contributed by atoms with Crippen LogP contribution in [-0.4, -0.2) is 52.2 Å². The highest BCUT2D eigenvalue weighted by atomic mass is 19.4. The fraction of sp³-hybridized carbons (Fsp3) is 0.667. The van der Waals surface area contributed by atoms with Crippen LogP contribution in [0, 0.1) is 5.92 Å². The van der Waals surface area contributed by atoms with Gasteiger partial charge in [-0.15, -0.1) is 0 Å². The van der Waals surface area contributed by atoms with Crippen molar-refractivity contribution in [3.63, 3.8) is 0 Å². The average Bonchev–Trinajstić information content (AvgIpc) is 2.63. The lowest BCUT2D eigenvalue weighted by atomic mass is 9.76. The molecule has 30 heavy (non-hydrogen) atoms. The van der Waals surface area contributed by atoms with Crippen LogP contribution >= 0.6 is 0 Å². The Morgan fingerprint density at radius 2 is 1.77 bits per heavy atom. The molecule has 166 valence electrons. The second-order valence-corrected chi connectivity index (χ2v) is 8.95. The summed E-state index contributed by atoms with van der Waals surface area (Å²) in [7, 11) is 0. The van der Waals surface area contributed by atoms with Crippen molar-refractivity contribution in [2.24, 2.45) is 5.92 Å². The number of Topliss-reactive ketones (excluding diaryl/α,β-unsaturated/α-hetero) is 1. The van der Waals surface area contributed by atoms with Crippen molar-refractivity contribution in [1.29, 1.82) is 0 Å². The summed E-state index contributed by atoms with van der Waals surface area (Å²) in [4.78, 5) is 31.2. The van der Waals surface area contributed by atoms with Gasteiger partial charge in [0.05, 0.1) is 0 Å². The SMILES string of the molecule is CC(C)(C)OC(=O)N1C2CCCC1CC(C(=O)c1ccc(OCC(F)(F)F)nc1)C2. The number of amides is 1. The molecule has 0 aliphatic carbocycles. The molecule has 1 aromatic rings. The molecule has 9 heteroatoms. The Balaban J connectivity index is 1.65. The van der Waals surface area contributed by atoms with E-state index in [0.29, 0.717) is 18.4 Å². The number of carbonyl (C=O) groups excluding carboxylic acids is 2. The van der Waals surface area contributed by atoms with E-state index in [4.69, 9.17) is 4.74 Å². The van der Waals surface area contributed by atoms with Crippen molar-refractivity contribution >= 4 is 11.9 Å². The summed E-state index contributed by atoms with van der Waals surface area (Å²) >= 11 is 0. The predicted octanol–water partition coefficient (Wildman–Crippen LogP) is 4.77. The standard InChI is InChI=1S/C21H27F3N2O4/c1-20(2,3)30-19(28)26-15-5-4-6-16(26)10-14(9-15)18(27)13-7-8-17(25-11-13)29-12-21(22,23)24/h7-8,11,14-16H,4-6,9-10,12H2,1-3H3. The van der Waals surface area contributed by atoms with Crippen molar-refractivity contribution in [2.45, 2.75) is 76.7 Å². The zero-order chi connectivity index (χ0) is 22.1. The number of aromatic nitrogens is 1. The number of halogens is 3. The Morgan fingerprint density at radius 1 is 1.13 bits per heavy atom. The summed E-state index contributed by atoms with van der Waals surface area (Å²) in [5, 5.41) is 0. The molecular weight excluding hydrogens is 401 g/mol. The Kier molecular flexibility index (Phi) is 6.29. The normalized spacial score (nSPS) is 24.3. The van der Waals surface area contributed by atoms with E-state index in [-0.39, 0.29) is 35.8 Å². The van der Waals surface area contributed by atoms with Gasteiger partial charge in [0.1, 0.15) is 5.60 Å². The molecule has 2 saturated heterocycles. The zero-order valence-corrected chi connectivity index (χ0v) is 17.4. The van der Waals surface area contributed by atoms with Crippen LogP contribution in [0.1, 0.15) is 63.2 Å². The Labute approximate surface area is 173 Å². The lowest BCUT2D eigenvalue weighted by Crippen LogP contribution is -2.56. The Bertz CT molecular complexity index is 760. The molecule has 0 spiro atoms. The van der Waals surface area contributed by atoms with Crippen LogP contribution in [0.2, 0.25) is 0 Å². The zero-order valence-electron chi connectivity index (χ0n) is 17.4. The van der Waals surface area contributed by atoms with Crippen LogP contribution in [0.5, 0.6) is 5.88 Å². The van der Waals surface area contributed by atoms with Gasteiger partial charge in [-0.1, -0.05) is 0 Å². The monoisotopic (exact) mass is 428 g/mol. The number of alkyl halides is 3. The number of hydrogen-bond acceptors (Lipinski definition) is 5. The summed E-state index contributed by atoms with van der Waals surface area (Å²) < 4.78 is 46.9. The number of carbonyl (C=O) groups is 2. The van der Waals surface area contributed by atoms with E-state index < -0.39 is 18.4 Å². The molecule has 0 N–H and O–H groups in total. The third-order valence-electron chi connectivity index (χ3n) is 5.35. The first-order valence-electron chi connectivity index (χ1n) is 10.1. The van der Waals surface area contributed by atoms with E-state index in [1.165, 1.54) is 18.3 Å². The highest BCUT2D eigenvalue weighted by molar-refractivity contribution is 5.97.